The molecular formula is C20H21FN2O. The number of para-hydroxylation sites is 1. The first-order chi connectivity index (χ1) is 11.7. The molecule has 1 fully saturated rings. The summed E-state index contributed by atoms with van der Waals surface area (Å²) in [6.07, 6.45) is 2.52. The van der Waals surface area contributed by atoms with Crippen LogP contribution in [0.2, 0.25) is 0 Å². The third-order valence-corrected chi connectivity index (χ3v) is 5.22. The van der Waals surface area contributed by atoms with Crippen LogP contribution in [0.4, 0.5) is 10.1 Å². The van der Waals surface area contributed by atoms with Gasteiger partial charge in [-0.3, -0.25) is 4.79 Å². The summed E-state index contributed by atoms with van der Waals surface area (Å²) in [6, 6.07) is 15.0. The van der Waals surface area contributed by atoms with Crippen molar-refractivity contribution in [3.8, 4) is 0 Å². The molecule has 2 aromatic rings. The van der Waals surface area contributed by atoms with Crippen molar-refractivity contribution >= 4 is 11.6 Å². The zero-order chi connectivity index (χ0) is 16.6. The van der Waals surface area contributed by atoms with Gasteiger partial charge in [0.15, 0.2) is 0 Å². The Labute approximate surface area is 141 Å². The molecule has 1 saturated carbocycles. The number of hydrogen-bond acceptors (Lipinski definition) is 2. The first-order valence-electron chi connectivity index (χ1n) is 8.57. The van der Waals surface area contributed by atoms with Crippen molar-refractivity contribution in [3.05, 3.63) is 65.5 Å². The van der Waals surface area contributed by atoms with Gasteiger partial charge in [0.1, 0.15) is 5.82 Å². The first kappa shape index (κ1) is 15.2. The predicted molar refractivity (Wildman–Crippen MR) is 92.7 cm³/mol. The van der Waals surface area contributed by atoms with Crippen LogP contribution in [-0.4, -0.2) is 25.5 Å². The standard InChI is InChI=1S/C20H21FN2O/c21-17-7-3-2-6-16(17)20(10-11-20)19(24)22-12-14-23-13-9-15-5-1-4-8-18(15)23/h1-8H,9-14H2,(H,22,24). The van der Waals surface area contributed by atoms with Crippen molar-refractivity contribution in [2.45, 2.75) is 24.7 Å². The van der Waals surface area contributed by atoms with Gasteiger partial charge < -0.3 is 10.2 Å². The number of halogens is 1. The summed E-state index contributed by atoms with van der Waals surface area (Å²) >= 11 is 0. The quantitative estimate of drug-likeness (QED) is 0.917. The van der Waals surface area contributed by atoms with Crippen molar-refractivity contribution in [1.82, 2.24) is 5.32 Å². The van der Waals surface area contributed by atoms with Gasteiger partial charge in [-0.25, -0.2) is 4.39 Å². The molecule has 124 valence electrons. The molecule has 1 aliphatic heterocycles. The van der Waals surface area contributed by atoms with E-state index in [9.17, 15) is 9.18 Å². The fourth-order valence-corrected chi connectivity index (χ4v) is 3.71. The van der Waals surface area contributed by atoms with E-state index in [0.717, 1.165) is 32.4 Å². The van der Waals surface area contributed by atoms with Crippen LogP contribution in [0, 0.1) is 5.82 Å². The highest BCUT2D eigenvalue weighted by Crippen LogP contribution is 2.49. The maximum absolute atomic E-state index is 14.0. The number of nitrogens with zero attached hydrogens (tertiary/aromatic N) is 1. The third-order valence-electron chi connectivity index (χ3n) is 5.22. The van der Waals surface area contributed by atoms with E-state index in [0.29, 0.717) is 12.1 Å². The lowest BCUT2D eigenvalue weighted by molar-refractivity contribution is -0.123. The highest BCUT2D eigenvalue weighted by Gasteiger charge is 2.52. The Morgan fingerprint density at radius 1 is 1.12 bits per heavy atom. The second-order valence-electron chi connectivity index (χ2n) is 6.68. The summed E-state index contributed by atoms with van der Waals surface area (Å²) in [5.74, 6) is -0.321. The zero-order valence-electron chi connectivity index (χ0n) is 13.6. The molecule has 24 heavy (non-hydrogen) atoms. The van der Waals surface area contributed by atoms with Crippen molar-refractivity contribution in [2.24, 2.45) is 0 Å². The monoisotopic (exact) mass is 324 g/mol. The minimum Gasteiger partial charge on any atom is -0.369 e. The Morgan fingerprint density at radius 3 is 2.67 bits per heavy atom. The average Bonchev–Trinajstić information content (AvgIpc) is 3.31. The van der Waals surface area contributed by atoms with Gasteiger partial charge in [-0.1, -0.05) is 36.4 Å². The number of amides is 1. The van der Waals surface area contributed by atoms with Crippen LogP contribution in [-0.2, 0) is 16.6 Å². The highest BCUT2D eigenvalue weighted by atomic mass is 19.1. The molecule has 0 saturated heterocycles. The minimum atomic E-state index is -0.645. The smallest absolute Gasteiger partial charge is 0.230 e. The van der Waals surface area contributed by atoms with Crippen LogP contribution in [0.3, 0.4) is 0 Å². The number of hydrogen-bond donors (Lipinski definition) is 1. The van der Waals surface area contributed by atoms with Crippen molar-refractivity contribution in [3.63, 3.8) is 0 Å². The number of benzene rings is 2. The summed E-state index contributed by atoms with van der Waals surface area (Å²) < 4.78 is 14.0. The largest absolute Gasteiger partial charge is 0.369 e. The van der Waals surface area contributed by atoms with Gasteiger partial charge in [0.2, 0.25) is 5.91 Å². The van der Waals surface area contributed by atoms with E-state index in [2.05, 4.69) is 28.4 Å². The van der Waals surface area contributed by atoms with Gasteiger partial charge in [0.25, 0.3) is 0 Å². The number of fused-ring (bicyclic) bond motifs is 1. The molecule has 0 unspecified atom stereocenters. The van der Waals surface area contributed by atoms with Crippen LogP contribution in [0.1, 0.15) is 24.0 Å². The highest BCUT2D eigenvalue weighted by molar-refractivity contribution is 5.91. The van der Waals surface area contributed by atoms with Gasteiger partial charge in [-0.2, -0.15) is 0 Å². The molecular weight excluding hydrogens is 303 g/mol. The van der Waals surface area contributed by atoms with Crippen molar-refractivity contribution in [1.29, 1.82) is 0 Å². The maximum Gasteiger partial charge on any atom is 0.230 e. The SMILES string of the molecule is O=C(NCCN1CCc2ccccc21)C1(c2ccccc2F)CC1. The number of anilines is 1. The fourth-order valence-electron chi connectivity index (χ4n) is 3.71. The molecule has 3 nitrogen and oxygen atoms in total. The van der Waals surface area contributed by atoms with Gasteiger partial charge in [0.05, 0.1) is 5.41 Å². The second-order valence-corrected chi connectivity index (χ2v) is 6.68. The second kappa shape index (κ2) is 5.93. The molecule has 1 aliphatic carbocycles. The number of rotatable bonds is 5. The molecule has 1 N–H and O–H groups in total. The Kier molecular flexibility index (Phi) is 3.75. The van der Waals surface area contributed by atoms with E-state index in [4.69, 9.17) is 0 Å². The molecule has 1 amide bonds. The van der Waals surface area contributed by atoms with E-state index in [-0.39, 0.29) is 11.7 Å². The van der Waals surface area contributed by atoms with E-state index in [1.165, 1.54) is 17.3 Å². The number of carbonyl (C=O) groups excluding carboxylic acids is 1. The van der Waals surface area contributed by atoms with Crippen LogP contribution in [0.15, 0.2) is 48.5 Å². The Hall–Kier alpha value is -2.36. The minimum absolute atomic E-state index is 0.0416. The molecule has 1 heterocycles. The molecule has 4 rings (SSSR count). The summed E-state index contributed by atoms with van der Waals surface area (Å²) in [6.45, 7) is 2.37. The van der Waals surface area contributed by atoms with Crippen LogP contribution < -0.4 is 10.2 Å². The molecule has 0 aromatic heterocycles. The Balaban J connectivity index is 1.37. The molecule has 2 aromatic carbocycles. The van der Waals surface area contributed by atoms with Gasteiger partial charge in [0, 0.05) is 30.9 Å². The first-order valence-corrected chi connectivity index (χ1v) is 8.57. The molecule has 0 spiro atoms. The summed E-state index contributed by atoms with van der Waals surface area (Å²) in [4.78, 5) is 14.9. The van der Waals surface area contributed by atoms with Crippen molar-refractivity contribution < 1.29 is 9.18 Å². The number of carbonyl (C=O) groups is 1. The number of nitrogens with one attached hydrogen (secondary N) is 1. The molecule has 2 aliphatic rings. The van der Waals surface area contributed by atoms with E-state index < -0.39 is 5.41 Å². The lowest BCUT2D eigenvalue weighted by Gasteiger charge is -2.21. The third kappa shape index (κ3) is 2.56. The van der Waals surface area contributed by atoms with Gasteiger partial charge >= 0.3 is 0 Å². The van der Waals surface area contributed by atoms with E-state index in [1.807, 2.05) is 6.07 Å². The van der Waals surface area contributed by atoms with Gasteiger partial charge in [-0.15, -0.1) is 0 Å². The Morgan fingerprint density at radius 2 is 1.88 bits per heavy atom. The molecule has 0 bridgehead atoms. The van der Waals surface area contributed by atoms with E-state index in [1.54, 1.807) is 18.2 Å². The molecule has 4 heteroatoms. The van der Waals surface area contributed by atoms with Crippen LogP contribution in [0.25, 0.3) is 0 Å². The Bertz CT molecular complexity index is 770. The summed E-state index contributed by atoms with van der Waals surface area (Å²) in [5, 5.41) is 3.02. The van der Waals surface area contributed by atoms with E-state index >= 15 is 0 Å². The lowest BCUT2D eigenvalue weighted by Crippen LogP contribution is -2.40. The lowest BCUT2D eigenvalue weighted by atomic mass is 9.94. The van der Waals surface area contributed by atoms with Crippen LogP contribution in [0.5, 0.6) is 0 Å². The molecule has 0 radical (unpaired) electrons. The maximum atomic E-state index is 14.0. The van der Waals surface area contributed by atoms with Crippen LogP contribution >= 0.6 is 0 Å². The van der Waals surface area contributed by atoms with Crippen molar-refractivity contribution in [2.75, 3.05) is 24.5 Å². The van der Waals surface area contributed by atoms with Gasteiger partial charge in [-0.05, 0) is 37.0 Å². The summed E-state index contributed by atoms with van der Waals surface area (Å²) in [7, 11) is 0. The normalized spacial score (nSPS) is 17.5. The fraction of sp³-hybridized carbons (Fsp3) is 0.350. The zero-order valence-corrected chi connectivity index (χ0v) is 13.6. The summed E-state index contributed by atoms with van der Waals surface area (Å²) in [5.41, 5.74) is 2.53. The predicted octanol–water partition coefficient (Wildman–Crippen LogP) is 3.04. The average molecular weight is 324 g/mol. The topological polar surface area (TPSA) is 32.3 Å². The molecule has 0 atom stereocenters.